The van der Waals surface area contributed by atoms with Crippen molar-refractivity contribution >= 4 is 16.9 Å². The van der Waals surface area contributed by atoms with Gasteiger partial charge in [-0.2, -0.15) is 0 Å². The molecule has 0 fully saturated rings. The maximum atomic E-state index is 13.4. The van der Waals surface area contributed by atoms with Gasteiger partial charge in [-0.05, 0) is 36.8 Å². The third-order valence-corrected chi connectivity index (χ3v) is 5.21. The number of nitrogens with zero attached hydrogens (tertiary/aromatic N) is 1. The summed E-state index contributed by atoms with van der Waals surface area (Å²) in [5.74, 6) is 0.879. The van der Waals surface area contributed by atoms with Crippen LogP contribution >= 0.6 is 0 Å². The fourth-order valence-corrected chi connectivity index (χ4v) is 3.86. The first-order chi connectivity index (χ1) is 14.6. The normalized spacial score (nSPS) is 15.5. The van der Waals surface area contributed by atoms with Crippen LogP contribution in [0.4, 0.5) is 0 Å². The fraction of sp³-hybridized carbons (Fsp3) is 0.304. The van der Waals surface area contributed by atoms with E-state index in [0.29, 0.717) is 47.8 Å². The van der Waals surface area contributed by atoms with Crippen LogP contribution in [0.15, 0.2) is 51.7 Å². The predicted molar refractivity (Wildman–Crippen MR) is 111 cm³/mol. The van der Waals surface area contributed by atoms with E-state index in [2.05, 4.69) is 0 Å². The van der Waals surface area contributed by atoms with E-state index in [1.54, 1.807) is 55.5 Å². The van der Waals surface area contributed by atoms with Gasteiger partial charge in [0.2, 0.25) is 5.76 Å². The maximum Gasteiger partial charge on any atom is 0.290 e. The Morgan fingerprint density at radius 2 is 1.87 bits per heavy atom. The molecule has 0 bridgehead atoms. The van der Waals surface area contributed by atoms with Gasteiger partial charge in [0, 0.05) is 13.7 Å². The molecular formula is C23H23NO6. The van der Waals surface area contributed by atoms with Gasteiger partial charge in [-0.3, -0.25) is 9.59 Å². The Labute approximate surface area is 173 Å². The topological polar surface area (TPSA) is 78.2 Å². The molecular weight excluding hydrogens is 386 g/mol. The van der Waals surface area contributed by atoms with E-state index in [9.17, 15) is 9.59 Å². The first-order valence-corrected chi connectivity index (χ1v) is 9.77. The first kappa shape index (κ1) is 20.0. The van der Waals surface area contributed by atoms with Crippen molar-refractivity contribution in [2.45, 2.75) is 13.0 Å². The second-order valence-electron chi connectivity index (χ2n) is 6.91. The summed E-state index contributed by atoms with van der Waals surface area (Å²) >= 11 is 0. The Bertz CT molecular complexity index is 1150. The average molecular weight is 409 g/mol. The molecule has 0 saturated heterocycles. The number of carbonyl (C=O) groups excluding carboxylic acids is 1. The molecule has 3 aromatic rings. The molecule has 0 aliphatic carbocycles. The van der Waals surface area contributed by atoms with Gasteiger partial charge < -0.3 is 23.5 Å². The van der Waals surface area contributed by atoms with Gasteiger partial charge in [0.25, 0.3) is 5.91 Å². The summed E-state index contributed by atoms with van der Waals surface area (Å²) in [6, 6.07) is 11.8. The molecule has 1 unspecified atom stereocenters. The van der Waals surface area contributed by atoms with Crippen LogP contribution in [0.25, 0.3) is 11.0 Å². The quantitative estimate of drug-likeness (QED) is 0.595. The molecule has 1 aromatic heterocycles. The van der Waals surface area contributed by atoms with Crippen LogP contribution in [0.5, 0.6) is 11.5 Å². The monoisotopic (exact) mass is 409 g/mol. The number of carbonyl (C=O) groups is 1. The predicted octanol–water partition coefficient (Wildman–Crippen LogP) is 3.39. The minimum atomic E-state index is -0.604. The van der Waals surface area contributed by atoms with Crippen molar-refractivity contribution < 1.29 is 23.4 Å². The first-order valence-electron chi connectivity index (χ1n) is 9.77. The third-order valence-electron chi connectivity index (χ3n) is 5.21. The Hall–Kier alpha value is -3.32. The van der Waals surface area contributed by atoms with Crippen LogP contribution in [-0.4, -0.2) is 44.8 Å². The van der Waals surface area contributed by atoms with Crippen LogP contribution in [0.3, 0.4) is 0 Å². The molecule has 4 rings (SSSR count). The van der Waals surface area contributed by atoms with E-state index >= 15 is 0 Å². The van der Waals surface area contributed by atoms with Gasteiger partial charge in [-0.1, -0.05) is 18.2 Å². The number of para-hydroxylation sites is 1. The van der Waals surface area contributed by atoms with Crippen molar-refractivity contribution in [3.63, 3.8) is 0 Å². The largest absolute Gasteiger partial charge is 0.493 e. The third kappa shape index (κ3) is 3.21. The molecule has 7 nitrogen and oxygen atoms in total. The molecule has 0 spiro atoms. The Kier molecular flexibility index (Phi) is 5.46. The lowest BCUT2D eigenvalue weighted by Gasteiger charge is -2.25. The molecule has 0 saturated carbocycles. The van der Waals surface area contributed by atoms with Gasteiger partial charge in [0.1, 0.15) is 5.58 Å². The number of methoxy groups -OCH3 is 2. The van der Waals surface area contributed by atoms with E-state index in [4.69, 9.17) is 18.6 Å². The summed E-state index contributed by atoms with van der Waals surface area (Å²) in [5.41, 5.74) is 1.26. The minimum Gasteiger partial charge on any atom is -0.493 e. The molecule has 7 heteroatoms. The Morgan fingerprint density at radius 1 is 1.07 bits per heavy atom. The van der Waals surface area contributed by atoms with Crippen molar-refractivity contribution in [1.82, 2.24) is 4.90 Å². The smallest absolute Gasteiger partial charge is 0.290 e. The number of benzene rings is 2. The lowest BCUT2D eigenvalue weighted by molar-refractivity contribution is 0.0663. The summed E-state index contributed by atoms with van der Waals surface area (Å²) in [6.45, 7) is 3.03. The van der Waals surface area contributed by atoms with E-state index in [1.807, 2.05) is 13.0 Å². The van der Waals surface area contributed by atoms with E-state index < -0.39 is 6.04 Å². The molecule has 0 radical (unpaired) electrons. The van der Waals surface area contributed by atoms with Gasteiger partial charge in [0.05, 0.1) is 37.3 Å². The Morgan fingerprint density at radius 3 is 2.60 bits per heavy atom. The van der Waals surface area contributed by atoms with Gasteiger partial charge in [0.15, 0.2) is 16.9 Å². The second-order valence-corrected chi connectivity index (χ2v) is 6.91. The van der Waals surface area contributed by atoms with Crippen molar-refractivity contribution in [3.8, 4) is 11.5 Å². The van der Waals surface area contributed by atoms with Gasteiger partial charge >= 0.3 is 0 Å². The summed E-state index contributed by atoms with van der Waals surface area (Å²) in [5, 5.41) is 0.445. The lowest BCUT2D eigenvalue weighted by Crippen LogP contribution is -2.32. The average Bonchev–Trinajstić information content (AvgIpc) is 3.05. The highest BCUT2D eigenvalue weighted by atomic mass is 16.5. The van der Waals surface area contributed by atoms with Crippen LogP contribution in [-0.2, 0) is 4.74 Å². The standard InChI is InChI=1S/C23H23NO6/c1-4-29-17-10-9-14(13-18(17)28-3)20-19-21(25)15-7-5-6-8-16(15)30-22(19)23(26)24(20)11-12-27-2/h5-10,13,20H,4,11-12H2,1-3H3. The SMILES string of the molecule is CCOc1ccc(C2c3c(oc4ccccc4c3=O)C(=O)N2CCOC)cc1OC. The van der Waals surface area contributed by atoms with E-state index in [0.717, 1.165) is 5.56 Å². The number of amides is 1. The van der Waals surface area contributed by atoms with Crippen LogP contribution in [0, 0.1) is 0 Å². The van der Waals surface area contributed by atoms with Crippen LogP contribution < -0.4 is 14.9 Å². The zero-order valence-corrected chi connectivity index (χ0v) is 17.1. The molecule has 1 aliphatic rings. The van der Waals surface area contributed by atoms with E-state index in [1.165, 1.54) is 0 Å². The van der Waals surface area contributed by atoms with Crippen molar-refractivity contribution in [3.05, 3.63) is 69.6 Å². The molecule has 2 aromatic carbocycles. The summed E-state index contributed by atoms with van der Waals surface area (Å²) in [6.07, 6.45) is 0. The van der Waals surface area contributed by atoms with Crippen LogP contribution in [0.2, 0.25) is 0 Å². The Balaban J connectivity index is 1.92. The fourth-order valence-electron chi connectivity index (χ4n) is 3.86. The van der Waals surface area contributed by atoms with Gasteiger partial charge in [-0.15, -0.1) is 0 Å². The molecule has 1 aliphatic heterocycles. The maximum absolute atomic E-state index is 13.4. The zero-order valence-electron chi connectivity index (χ0n) is 17.1. The summed E-state index contributed by atoms with van der Waals surface area (Å²) < 4.78 is 22.2. The number of rotatable bonds is 7. The lowest BCUT2D eigenvalue weighted by atomic mass is 9.98. The van der Waals surface area contributed by atoms with Crippen molar-refractivity contribution in [2.75, 3.05) is 34.0 Å². The van der Waals surface area contributed by atoms with Crippen molar-refractivity contribution in [1.29, 1.82) is 0 Å². The van der Waals surface area contributed by atoms with Gasteiger partial charge in [-0.25, -0.2) is 0 Å². The molecule has 156 valence electrons. The molecule has 30 heavy (non-hydrogen) atoms. The number of ether oxygens (including phenoxy) is 3. The second kappa shape index (κ2) is 8.20. The highest BCUT2D eigenvalue weighted by Crippen LogP contribution is 2.40. The number of fused-ring (bicyclic) bond motifs is 2. The summed E-state index contributed by atoms with van der Waals surface area (Å²) in [4.78, 5) is 28.2. The highest BCUT2D eigenvalue weighted by Gasteiger charge is 2.42. The molecule has 2 heterocycles. The number of hydrogen-bond donors (Lipinski definition) is 0. The zero-order chi connectivity index (χ0) is 21.3. The number of hydrogen-bond acceptors (Lipinski definition) is 6. The molecule has 1 atom stereocenters. The van der Waals surface area contributed by atoms with E-state index in [-0.39, 0.29) is 17.1 Å². The summed E-state index contributed by atoms with van der Waals surface area (Å²) in [7, 11) is 3.13. The molecule has 0 N–H and O–H groups in total. The molecule has 1 amide bonds. The highest BCUT2D eigenvalue weighted by molar-refractivity contribution is 5.99. The minimum absolute atomic E-state index is 0.0765. The van der Waals surface area contributed by atoms with Crippen molar-refractivity contribution in [2.24, 2.45) is 0 Å². The van der Waals surface area contributed by atoms with Crippen LogP contribution in [0.1, 0.15) is 34.6 Å².